The van der Waals surface area contributed by atoms with Gasteiger partial charge in [0.15, 0.2) is 0 Å². The third-order valence-corrected chi connectivity index (χ3v) is 6.08. The summed E-state index contributed by atoms with van der Waals surface area (Å²) < 4.78 is 6.01. The van der Waals surface area contributed by atoms with Gasteiger partial charge in [0, 0.05) is 5.56 Å². The van der Waals surface area contributed by atoms with Crippen LogP contribution in [0.4, 0.5) is 0 Å². The first kappa shape index (κ1) is 21.2. The summed E-state index contributed by atoms with van der Waals surface area (Å²) in [5.74, 6) is 0.803. The Hall–Kier alpha value is -1.51. The fourth-order valence-corrected chi connectivity index (χ4v) is 4.43. The van der Waals surface area contributed by atoms with Crippen LogP contribution in [0.1, 0.15) is 56.9 Å². The lowest BCUT2D eigenvalue weighted by Gasteiger charge is -2.14. The van der Waals surface area contributed by atoms with E-state index in [1.165, 1.54) is 70.1 Å². The molecule has 0 aliphatic carbocycles. The van der Waals surface area contributed by atoms with Gasteiger partial charge in [-0.25, -0.2) is 0 Å². The van der Waals surface area contributed by atoms with Crippen molar-refractivity contribution in [3.8, 4) is 16.9 Å². The Morgan fingerprint density at radius 2 is 1.54 bits per heavy atom. The van der Waals surface area contributed by atoms with Gasteiger partial charge in [-0.15, -0.1) is 0 Å². The summed E-state index contributed by atoms with van der Waals surface area (Å²) in [7, 11) is 0. The van der Waals surface area contributed by atoms with Crippen molar-refractivity contribution in [3.63, 3.8) is 0 Å². The van der Waals surface area contributed by atoms with Crippen LogP contribution in [0.25, 0.3) is 11.1 Å². The van der Waals surface area contributed by atoms with Crippen molar-refractivity contribution in [3.05, 3.63) is 53.1 Å². The number of aryl methyl sites for hydroxylation is 1. The Bertz CT molecular complexity index is 710. The zero-order valence-corrected chi connectivity index (χ0v) is 18.0. The van der Waals surface area contributed by atoms with Gasteiger partial charge in [0.25, 0.3) is 0 Å². The molecule has 1 heterocycles. The Morgan fingerprint density at radius 1 is 0.857 bits per heavy atom. The molecule has 2 nitrogen and oxygen atoms in total. The van der Waals surface area contributed by atoms with Crippen LogP contribution in [-0.2, 0) is 0 Å². The molecule has 0 atom stereocenters. The zero-order chi connectivity index (χ0) is 19.6. The maximum Gasteiger partial charge on any atom is 0.138 e. The van der Waals surface area contributed by atoms with Crippen LogP contribution in [0.2, 0.25) is 5.02 Å². The quantitative estimate of drug-likeness (QED) is 0.372. The number of rotatable bonds is 11. The Labute approximate surface area is 175 Å². The number of unbranched alkanes of at least 4 members (excludes halogenated alkanes) is 5. The highest BCUT2D eigenvalue weighted by Crippen LogP contribution is 2.37. The third-order valence-electron chi connectivity index (χ3n) is 5.70. The van der Waals surface area contributed by atoms with E-state index in [1.807, 2.05) is 24.3 Å². The molecule has 3 heteroatoms. The molecule has 1 saturated heterocycles. The molecule has 28 heavy (non-hydrogen) atoms. The fraction of sp³-hybridized carbons (Fsp3) is 0.520. The number of hydrogen-bond donors (Lipinski definition) is 0. The molecule has 1 aliphatic heterocycles. The topological polar surface area (TPSA) is 12.5 Å². The van der Waals surface area contributed by atoms with Crippen LogP contribution in [0.3, 0.4) is 0 Å². The molecule has 0 unspecified atom stereocenters. The monoisotopic (exact) mass is 399 g/mol. The van der Waals surface area contributed by atoms with Gasteiger partial charge in [0.2, 0.25) is 0 Å². The summed E-state index contributed by atoms with van der Waals surface area (Å²) >= 11 is 6.67. The fourth-order valence-electron chi connectivity index (χ4n) is 4.06. The molecular formula is C25H34ClNO. The summed E-state index contributed by atoms with van der Waals surface area (Å²) in [5, 5.41) is 0.730. The van der Waals surface area contributed by atoms with Crippen molar-refractivity contribution >= 4 is 11.6 Å². The maximum absolute atomic E-state index is 6.67. The highest BCUT2D eigenvalue weighted by Gasteiger charge is 2.12. The molecule has 1 aliphatic rings. The van der Waals surface area contributed by atoms with Crippen LogP contribution in [0.15, 0.2) is 42.5 Å². The molecule has 2 aromatic rings. The molecule has 0 aromatic heterocycles. The van der Waals surface area contributed by atoms with Crippen LogP contribution in [0, 0.1) is 6.92 Å². The summed E-state index contributed by atoms with van der Waals surface area (Å²) in [4.78, 5) is 2.61. The number of hydrogen-bond acceptors (Lipinski definition) is 2. The van der Waals surface area contributed by atoms with Gasteiger partial charge in [-0.1, -0.05) is 73.7 Å². The molecule has 3 rings (SSSR count). The van der Waals surface area contributed by atoms with Crippen LogP contribution >= 0.6 is 11.6 Å². The maximum atomic E-state index is 6.67. The van der Waals surface area contributed by atoms with Gasteiger partial charge >= 0.3 is 0 Å². The number of halogens is 1. The summed E-state index contributed by atoms with van der Waals surface area (Å²) in [5.41, 5.74) is 3.40. The second kappa shape index (κ2) is 11.5. The minimum atomic E-state index is 0.730. The lowest BCUT2D eigenvalue weighted by Crippen LogP contribution is -2.20. The van der Waals surface area contributed by atoms with E-state index >= 15 is 0 Å². The van der Waals surface area contributed by atoms with Crippen molar-refractivity contribution in [1.82, 2.24) is 4.90 Å². The number of ether oxygens (including phenoxy) is 1. The van der Waals surface area contributed by atoms with E-state index in [2.05, 4.69) is 30.0 Å². The van der Waals surface area contributed by atoms with Crippen molar-refractivity contribution in [2.45, 2.75) is 58.3 Å². The van der Waals surface area contributed by atoms with Crippen LogP contribution in [0.5, 0.6) is 5.75 Å². The van der Waals surface area contributed by atoms with E-state index in [0.717, 1.165) is 34.9 Å². The molecule has 0 saturated carbocycles. The van der Waals surface area contributed by atoms with E-state index in [-0.39, 0.29) is 0 Å². The van der Waals surface area contributed by atoms with E-state index in [9.17, 15) is 0 Å². The summed E-state index contributed by atoms with van der Waals surface area (Å²) in [6.07, 6.45) is 10.5. The van der Waals surface area contributed by atoms with Gasteiger partial charge in [0.1, 0.15) is 5.75 Å². The minimum absolute atomic E-state index is 0.730. The second-order valence-electron chi connectivity index (χ2n) is 7.95. The predicted molar refractivity (Wildman–Crippen MR) is 120 cm³/mol. The highest BCUT2D eigenvalue weighted by molar-refractivity contribution is 6.35. The average Bonchev–Trinajstić information content (AvgIpc) is 3.22. The molecule has 2 aromatic carbocycles. The summed E-state index contributed by atoms with van der Waals surface area (Å²) in [6, 6.07) is 14.4. The molecule has 0 N–H and O–H groups in total. The molecule has 1 fully saturated rings. The lowest BCUT2D eigenvalue weighted by molar-refractivity contribution is 0.303. The van der Waals surface area contributed by atoms with Gasteiger partial charge < -0.3 is 9.64 Å². The second-order valence-corrected chi connectivity index (χ2v) is 8.33. The molecule has 0 bridgehead atoms. The summed E-state index contributed by atoms with van der Waals surface area (Å²) in [6.45, 7) is 6.79. The van der Waals surface area contributed by atoms with E-state index in [0.29, 0.717) is 0 Å². The van der Waals surface area contributed by atoms with E-state index in [4.69, 9.17) is 16.3 Å². The van der Waals surface area contributed by atoms with Gasteiger partial charge in [-0.3, -0.25) is 0 Å². The smallest absolute Gasteiger partial charge is 0.138 e. The van der Waals surface area contributed by atoms with Crippen molar-refractivity contribution in [2.24, 2.45) is 0 Å². The van der Waals surface area contributed by atoms with E-state index < -0.39 is 0 Å². The molecule has 0 amide bonds. The predicted octanol–water partition coefficient (Wildman–Crippen LogP) is 7.13. The largest absolute Gasteiger partial charge is 0.492 e. The molecular weight excluding hydrogens is 366 g/mol. The Balaban J connectivity index is 1.35. The van der Waals surface area contributed by atoms with Crippen molar-refractivity contribution < 1.29 is 4.74 Å². The zero-order valence-electron chi connectivity index (χ0n) is 17.3. The molecule has 0 spiro atoms. The van der Waals surface area contributed by atoms with Crippen LogP contribution < -0.4 is 4.74 Å². The average molecular weight is 400 g/mol. The van der Waals surface area contributed by atoms with Crippen LogP contribution in [-0.4, -0.2) is 31.1 Å². The normalized spacial score (nSPS) is 14.5. The standard InChI is InChI=1S/C25H34ClNO/c1-21-15-16-23(25(26)24(21)22-13-7-6-8-14-22)28-20-12-5-3-2-4-9-17-27-18-10-11-19-27/h6-8,13-16H,2-5,9-12,17-20H2,1H3. The third kappa shape index (κ3) is 6.25. The highest BCUT2D eigenvalue weighted by atomic mass is 35.5. The first-order valence-electron chi connectivity index (χ1n) is 11.0. The SMILES string of the molecule is Cc1ccc(OCCCCCCCCN2CCCC2)c(Cl)c1-c1ccccc1. The number of likely N-dealkylation sites (tertiary alicyclic amines) is 1. The van der Waals surface area contributed by atoms with Crippen molar-refractivity contribution in [1.29, 1.82) is 0 Å². The van der Waals surface area contributed by atoms with Gasteiger partial charge in [0.05, 0.1) is 11.6 Å². The van der Waals surface area contributed by atoms with Gasteiger partial charge in [-0.05, 0) is 69.4 Å². The molecule has 0 radical (unpaired) electrons. The Morgan fingerprint density at radius 3 is 2.29 bits per heavy atom. The van der Waals surface area contributed by atoms with E-state index in [1.54, 1.807) is 0 Å². The van der Waals surface area contributed by atoms with Crippen molar-refractivity contribution in [2.75, 3.05) is 26.2 Å². The minimum Gasteiger partial charge on any atom is -0.492 e. The molecule has 152 valence electrons. The first-order valence-corrected chi connectivity index (χ1v) is 11.3. The number of benzene rings is 2. The lowest BCUT2D eigenvalue weighted by atomic mass is 10.0. The number of nitrogens with zero attached hydrogens (tertiary/aromatic N) is 1. The van der Waals surface area contributed by atoms with Gasteiger partial charge in [-0.2, -0.15) is 0 Å². The Kier molecular flexibility index (Phi) is 8.70. The first-order chi connectivity index (χ1) is 13.8.